The van der Waals surface area contributed by atoms with Crippen molar-refractivity contribution in [3.63, 3.8) is 0 Å². The second-order valence-corrected chi connectivity index (χ2v) is 5.54. The molecule has 0 aromatic rings. The zero-order valence-electron chi connectivity index (χ0n) is 15.6. The van der Waals surface area contributed by atoms with Gasteiger partial charge in [0.25, 0.3) is 0 Å². The topological polar surface area (TPSA) is 84.5 Å². The molecule has 0 saturated heterocycles. The summed E-state index contributed by atoms with van der Waals surface area (Å²) in [6.07, 6.45) is 11.1. The number of amides is 2. The molecule has 1 aliphatic rings. The highest BCUT2D eigenvalue weighted by atomic mass is 16.5. The third-order valence-corrected chi connectivity index (χ3v) is 3.65. The van der Waals surface area contributed by atoms with E-state index in [1.807, 2.05) is 12.2 Å². The molecule has 6 heteroatoms. The van der Waals surface area contributed by atoms with Crippen molar-refractivity contribution in [2.75, 3.05) is 20.2 Å². The Kier molecular flexibility index (Phi) is 9.72. The molecule has 0 aromatic heterocycles. The van der Waals surface area contributed by atoms with Gasteiger partial charge in [-0.1, -0.05) is 42.7 Å². The Morgan fingerprint density at radius 1 is 1.26 bits per heavy atom. The van der Waals surface area contributed by atoms with Gasteiger partial charge in [-0.05, 0) is 31.4 Å². The van der Waals surface area contributed by atoms with Crippen LogP contribution < -0.4 is 10.6 Å². The fourth-order valence-electron chi connectivity index (χ4n) is 2.24. The molecule has 0 unspecified atom stereocenters. The fourth-order valence-corrected chi connectivity index (χ4v) is 2.24. The van der Waals surface area contributed by atoms with Gasteiger partial charge in [-0.15, -0.1) is 0 Å². The second-order valence-electron chi connectivity index (χ2n) is 5.54. The second kappa shape index (κ2) is 12.1. The Balaban J connectivity index is 2.50. The van der Waals surface area contributed by atoms with Gasteiger partial charge in [-0.25, -0.2) is 0 Å². The molecule has 0 saturated carbocycles. The molecule has 1 rings (SSSR count). The summed E-state index contributed by atoms with van der Waals surface area (Å²) in [5, 5.41) is 4.93. The van der Waals surface area contributed by atoms with Crippen LogP contribution in [-0.2, 0) is 19.1 Å². The van der Waals surface area contributed by atoms with Crippen LogP contribution in [0.4, 0.5) is 0 Å². The molecule has 2 N–H and O–H groups in total. The molecule has 142 valence electrons. The monoisotopic (exact) mass is 368 g/mol. The van der Waals surface area contributed by atoms with Gasteiger partial charge in [0, 0.05) is 17.7 Å². The predicted octanol–water partition coefficient (Wildman–Crippen LogP) is 1.73. The van der Waals surface area contributed by atoms with E-state index >= 15 is 0 Å². The average molecular weight is 368 g/mol. The number of methoxy groups -OCH3 is 1. The third-order valence-electron chi connectivity index (χ3n) is 3.65. The third kappa shape index (κ3) is 7.61. The van der Waals surface area contributed by atoms with Crippen molar-refractivity contribution in [3.8, 4) is 11.8 Å². The van der Waals surface area contributed by atoms with Crippen molar-refractivity contribution < 1.29 is 19.1 Å². The Labute approximate surface area is 159 Å². The standard InChI is InChI=1S/C21H24N2O4/c1-4-5-12-19(27-3)16(2)9-8-13-22-20(25)21(26)23-14-17-10-6-7-11-18(17)15-24/h4-5,10-12,15H,1,6-7,13-14H2,2-3H3,(H,22,25)(H,23,26)/b12-5-,19-16-. The molecule has 6 nitrogen and oxygen atoms in total. The molecule has 0 aromatic carbocycles. The first-order valence-corrected chi connectivity index (χ1v) is 8.47. The first-order chi connectivity index (χ1) is 13.0. The molecular weight excluding hydrogens is 344 g/mol. The number of rotatable bonds is 7. The van der Waals surface area contributed by atoms with Gasteiger partial charge in [0.1, 0.15) is 12.0 Å². The minimum Gasteiger partial charge on any atom is -0.496 e. The number of allylic oxidation sites excluding steroid dienone is 6. The zero-order valence-corrected chi connectivity index (χ0v) is 15.6. The number of carbonyl (C=O) groups is 3. The van der Waals surface area contributed by atoms with Gasteiger partial charge >= 0.3 is 11.8 Å². The zero-order chi connectivity index (χ0) is 20.1. The SMILES string of the molecule is C=C/C=C\C(OC)=C(/C)C#CCNC(=O)C(=O)NCC1=CCCC=C1C=O. The van der Waals surface area contributed by atoms with Crippen LogP contribution in [-0.4, -0.2) is 38.3 Å². The molecule has 0 heterocycles. The van der Waals surface area contributed by atoms with E-state index < -0.39 is 11.8 Å². The highest BCUT2D eigenvalue weighted by Gasteiger charge is 2.14. The lowest BCUT2D eigenvalue weighted by Crippen LogP contribution is -2.41. The quantitative estimate of drug-likeness (QED) is 0.236. The van der Waals surface area contributed by atoms with Crippen molar-refractivity contribution in [3.05, 3.63) is 59.4 Å². The minimum atomic E-state index is -0.780. The van der Waals surface area contributed by atoms with Gasteiger partial charge in [-0.3, -0.25) is 14.4 Å². The molecule has 0 radical (unpaired) electrons. The highest BCUT2D eigenvalue weighted by molar-refractivity contribution is 6.35. The Morgan fingerprint density at radius 3 is 2.63 bits per heavy atom. The maximum absolute atomic E-state index is 11.8. The summed E-state index contributed by atoms with van der Waals surface area (Å²) in [4.78, 5) is 34.6. The summed E-state index contributed by atoms with van der Waals surface area (Å²) in [6, 6.07) is 0. The molecule has 0 spiro atoms. The number of nitrogens with one attached hydrogen (secondary N) is 2. The van der Waals surface area contributed by atoms with Crippen molar-refractivity contribution >= 4 is 18.1 Å². The van der Waals surface area contributed by atoms with Crippen LogP contribution >= 0.6 is 0 Å². The molecule has 2 amide bonds. The Hall–Kier alpha value is -3.33. The molecule has 0 bridgehead atoms. The van der Waals surface area contributed by atoms with Crippen LogP contribution in [0, 0.1) is 11.8 Å². The van der Waals surface area contributed by atoms with Crippen LogP contribution in [0.1, 0.15) is 19.8 Å². The number of hydrogen-bond acceptors (Lipinski definition) is 4. The highest BCUT2D eigenvalue weighted by Crippen LogP contribution is 2.15. The molecule has 0 atom stereocenters. The van der Waals surface area contributed by atoms with E-state index in [9.17, 15) is 14.4 Å². The molecule has 27 heavy (non-hydrogen) atoms. The maximum atomic E-state index is 11.8. The fraction of sp³-hybridized carbons (Fsp3) is 0.286. The summed E-state index contributed by atoms with van der Waals surface area (Å²) >= 11 is 0. The lowest BCUT2D eigenvalue weighted by Gasteiger charge is -2.12. The van der Waals surface area contributed by atoms with Crippen molar-refractivity contribution in [2.24, 2.45) is 0 Å². The van der Waals surface area contributed by atoms with Gasteiger partial charge in [0.05, 0.1) is 13.7 Å². The van der Waals surface area contributed by atoms with Crippen LogP contribution in [0.15, 0.2) is 59.4 Å². The number of ether oxygens (including phenoxy) is 1. The number of aldehydes is 1. The van der Waals surface area contributed by atoms with E-state index in [4.69, 9.17) is 4.74 Å². The summed E-state index contributed by atoms with van der Waals surface area (Å²) in [7, 11) is 1.53. The van der Waals surface area contributed by atoms with E-state index in [0.29, 0.717) is 16.9 Å². The summed E-state index contributed by atoms with van der Waals surface area (Å²) in [6.45, 7) is 5.52. The van der Waals surface area contributed by atoms with Gasteiger partial charge in [0.2, 0.25) is 0 Å². The van der Waals surface area contributed by atoms with Crippen LogP contribution in [0.2, 0.25) is 0 Å². The predicted molar refractivity (Wildman–Crippen MR) is 104 cm³/mol. The van der Waals surface area contributed by atoms with Crippen LogP contribution in [0.5, 0.6) is 0 Å². The maximum Gasteiger partial charge on any atom is 0.310 e. The first kappa shape index (κ1) is 21.7. The summed E-state index contributed by atoms with van der Waals surface area (Å²) in [5.41, 5.74) is 1.96. The Morgan fingerprint density at radius 2 is 1.96 bits per heavy atom. The van der Waals surface area contributed by atoms with Gasteiger partial charge < -0.3 is 15.4 Å². The largest absolute Gasteiger partial charge is 0.496 e. The van der Waals surface area contributed by atoms with E-state index in [1.54, 1.807) is 25.2 Å². The van der Waals surface area contributed by atoms with Gasteiger partial charge in [-0.2, -0.15) is 0 Å². The number of hydrogen-bond donors (Lipinski definition) is 2. The molecule has 0 fully saturated rings. The first-order valence-electron chi connectivity index (χ1n) is 8.47. The lowest BCUT2D eigenvalue weighted by molar-refractivity contribution is -0.138. The normalized spacial score (nSPS) is 14.0. The van der Waals surface area contributed by atoms with Gasteiger partial charge in [0.15, 0.2) is 0 Å². The summed E-state index contributed by atoms with van der Waals surface area (Å²) in [5.74, 6) is 4.65. The van der Waals surface area contributed by atoms with Crippen molar-refractivity contribution in [1.82, 2.24) is 10.6 Å². The van der Waals surface area contributed by atoms with E-state index in [1.165, 1.54) is 7.11 Å². The van der Waals surface area contributed by atoms with Crippen molar-refractivity contribution in [2.45, 2.75) is 19.8 Å². The minimum absolute atomic E-state index is 0.0218. The smallest absolute Gasteiger partial charge is 0.310 e. The van der Waals surface area contributed by atoms with E-state index in [-0.39, 0.29) is 13.1 Å². The van der Waals surface area contributed by atoms with Crippen LogP contribution in [0.25, 0.3) is 0 Å². The number of carbonyl (C=O) groups excluding carboxylic acids is 3. The molecular formula is C21H24N2O4. The lowest BCUT2D eigenvalue weighted by atomic mass is 9.99. The van der Waals surface area contributed by atoms with E-state index in [0.717, 1.165) is 24.7 Å². The van der Waals surface area contributed by atoms with E-state index in [2.05, 4.69) is 29.1 Å². The Bertz CT molecular complexity index is 774. The van der Waals surface area contributed by atoms with Crippen molar-refractivity contribution in [1.29, 1.82) is 0 Å². The van der Waals surface area contributed by atoms with Crippen LogP contribution in [0.3, 0.4) is 0 Å². The summed E-state index contributed by atoms with van der Waals surface area (Å²) < 4.78 is 5.19. The molecule has 1 aliphatic carbocycles. The molecule has 0 aliphatic heterocycles. The average Bonchev–Trinajstić information content (AvgIpc) is 2.69.